The number of nitrogens with one attached hydrogen (secondary N) is 2. The Balaban J connectivity index is 1.97. The first-order chi connectivity index (χ1) is 9.65. The summed E-state index contributed by atoms with van der Waals surface area (Å²) in [5.74, 6) is -0.0869. The quantitative estimate of drug-likeness (QED) is 0.721. The maximum atomic E-state index is 12.4. The van der Waals surface area contributed by atoms with Crippen LogP contribution in [0.15, 0.2) is 48.7 Å². The third-order valence-electron chi connectivity index (χ3n) is 3.43. The maximum absolute atomic E-state index is 12.4. The Bertz CT molecular complexity index is 787. The largest absolute Gasteiger partial charge is 0.360 e. The number of hydrogen-bond acceptors (Lipinski definition) is 1. The molecule has 3 aromatic rings. The number of benzene rings is 2. The molecular formula is C17H16N2O. The second kappa shape index (κ2) is 4.85. The second-order valence-corrected chi connectivity index (χ2v) is 5.02. The van der Waals surface area contributed by atoms with Crippen LogP contribution < -0.4 is 5.32 Å². The number of rotatable bonds is 2. The van der Waals surface area contributed by atoms with Crippen molar-refractivity contribution in [1.29, 1.82) is 0 Å². The number of H-pyrrole nitrogens is 1. The van der Waals surface area contributed by atoms with E-state index in [0.717, 1.165) is 27.7 Å². The van der Waals surface area contributed by atoms with Gasteiger partial charge >= 0.3 is 0 Å². The van der Waals surface area contributed by atoms with Gasteiger partial charge in [0, 0.05) is 22.8 Å². The SMILES string of the molecule is Cc1cccc(NC(=O)c2c[nH]c3cccc(C)c23)c1. The zero-order valence-corrected chi connectivity index (χ0v) is 11.5. The Morgan fingerprint density at radius 1 is 1.10 bits per heavy atom. The minimum atomic E-state index is -0.0869. The van der Waals surface area contributed by atoms with Crippen molar-refractivity contribution in [3.8, 4) is 0 Å². The van der Waals surface area contributed by atoms with Gasteiger partial charge in [0.25, 0.3) is 5.91 Å². The lowest BCUT2D eigenvalue weighted by Crippen LogP contribution is -2.11. The molecule has 0 spiro atoms. The number of amides is 1. The molecule has 1 aromatic heterocycles. The Morgan fingerprint density at radius 3 is 2.70 bits per heavy atom. The first kappa shape index (κ1) is 12.5. The van der Waals surface area contributed by atoms with E-state index in [1.54, 1.807) is 6.20 Å². The molecule has 2 aromatic carbocycles. The van der Waals surface area contributed by atoms with Gasteiger partial charge in [-0.05, 0) is 43.2 Å². The molecule has 20 heavy (non-hydrogen) atoms. The summed E-state index contributed by atoms with van der Waals surface area (Å²) in [5.41, 5.74) is 4.70. The summed E-state index contributed by atoms with van der Waals surface area (Å²) < 4.78 is 0. The van der Waals surface area contributed by atoms with Gasteiger partial charge < -0.3 is 10.3 Å². The highest BCUT2D eigenvalue weighted by Gasteiger charge is 2.13. The van der Waals surface area contributed by atoms with Crippen molar-refractivity contribution in [3.05, 3.63) is 65.4 Å². The first-order valence-corrected chi connectivity index (χ1v) is 6.60. The van der Waals surface area contributed by atoms with Gasteiger partial charge in [0.05, 0.1) is 5.56 Å². The smallest absolute Gasteiger partial charge is 0.257 e. The number of carbonyl (C=O) groups excluding carboxylic acids is 1. The van der Waals surface area contributed by atoms with Gasteiger partial charge in [-0.25, -0.2) is 0 Å². The van der Waals surface area contributed by atoms with E-state index in [0.29, 0.717) is 5.56 Å². The summed E-state index contributed by atoms with van der Waals surface area (Å²) in [6.07, 6.45) is 1.77. The first-order valence-electron chi connectivity index (χ1n) is 6.60. The van der Waals surface area contributed by atoms with Crippen LogP contribution in [0.3, 0.4) is 0 Å². The molecule has 0 bridgehead atoms. The maximum Gasteiger partial charge on any atom is 0.257 e. The number of anilines is 1. The number of hydrogen-bond donors (Lipinski definition) is 2. The number of aromatic nitrogens is 1. The van der Waals surface area contributed by atoms with E-state index in [-0.39, 0.29) is 5.91 Å². The molecule has 3 rings (SSSR count). The summed E-state index contributed by atoms with van der Waals surface area (Å²) in [4.78, 5) is 15.6. The molecular weight excluding hydrogens is 248 g/mol. The number of aromatic amines is 1. The lowest BCUT2D eigenvalue weighted by molar-refractivity contribution is 0.102. The predicted molar refractivity (Wildman–Crippen MR) is 82.2 cm³/mol. The van der Waals surface area contributed by atoms with E-state index < -0.39 is 0 Å². The topological polar surface area (TPSA) is 44.9 Å². The predicted octanol–water partition coefficient (Wildman–Crippen LogP) is 4.04. The van der Waals surface area contributed by atoms with Gasteiger partial charge in [0.15, 0.2) is 0 Å². The van der Waals surface area contributed by atoms with Gasteiger partial charge in [-0.15, -0.1) is 0 Å². The number of carbonyl (C=O) groups is 1. The van der Waals surface area contributed by atoms with E-state index >= 15 is 0 Å². The van der Waals surface area contributed by atoms with Crippen LogP contribution in [0.5, 0.6) is 0 Å². The monoisotopic (exact) mass is 264 g/mol. The number of aryl methyl sites for hydroxylation is 2. The van der Waals surface area contributed by atoms with Crippen LogP contribution in [0.1, 0.15) is 21.5 Å². The van der Waals surface area contributed by atoms with Crippen LogP contribution in [-0.2, 0) is 0 Å². The molecule has 3 heteroatoms. The van der Waals surface area contributed by atoms with E-state index in [2.05, 4.69) is 10.3 Å². The summed E-state index contributed by atoms with van der Waals surface area (Å²) >= 11 is 0. The van der Waals surface area contributed by atoms with Gasteiger partial charge in [-0.3, -0.25) is 4.79 Å². The van der Waals surface area contributed by atoms with Gasteiger partial charge in [-0.2, -0.15) is 0 Å². The summed E-state index contributed by atoms with van der Waals surface area (Å²) in [6.45, 7) is 4.02. The third kappa shape index (κ3) is 2.18. The lowest BCUT2D eigenvalue weighted by Gasteiger charge is -2.06. The van der Waals surface area contributed by atoms with Gasteiger partial charge in [0.2, 0.25) is 0 Å². The average Bonchev–Trinajstić information content (AvgIpc) is 2.84. The molecule has 0 unspecified atom stereocenters. The van der Waals surface area contributed by atoms with Crippen LogP contribution in [0.2, 0.25) is 0 Å². The van der Waals surface area contributed by atoms with Crippen LogP contribution in [0, 0.1) is 13.8 Å². The van der Waals surface area contributed by atoms with E-state index in [1.165, 1.54) is 0 Å². The van der Waals surface area contributed by atoms with Crippen LogP contribution >= 0.6 is 0 Å². The molecule has 2 N–H and O–H groups in total. The van der Waals surface area contributed by atoms with Crippen LogP contribution in [0.25, 0.3) is 10.9 Å². The summed E-state index contributed by atoms with van der Waals surface area (Å²) in [7, 11) is 0. The molecule has 0 fully saturated rings. The highest BCUT2D eigenvalue weighted by atomic mass is 16.1. The molecule has 0 saturated carbocycles. The summed E-state index contributed by atoms with van der Waals surface area (Å²) in [6, 6.07) is 13.8. The number of fused-ring (bicyclic) bond motifs is 1. The molecule has 0 aliphatic rings. The normalized spacial score (nSPS) is 10.7. The van der Waals surface area contributed by atoms with E-state index in [9.17, 15) is 4.79 Å². The standard InChI is InChI=1S/C17H16N2O/c1-11-5-3-7-13(9-11)19-17(20)14-10-18-15-8-4-6-12(2)16(14)15/h3-10,18H,1-2H3,(H,19,20). The van der Waals surface area contributed by atoms with Crippen molar-refractivity contribution in [2.45, 2.75) is 13.8 Å². The van der Waals surface area contributed by atoms with Crippen molar-refractivity contribution in [1.82, 2.24) is 4.98 Å². The third-order valence-corrected chi connectivity index (χ3v) is 3.43. The lowest BCUT2D eigenvalue weighted by atomic mass is 10.1. The molecule has 0 radical (unpaired) electrons. The average molecular weight is 264 g/mol. The van der Waals surface area contributed by atoms with Gasteiger partial charge in [-0.1, -0.05) is 24.3 Å². The molecule has 0 atom stereocenters. The molecule has 100 valence electrons. The Hall–Kier alpha value is -2.55. The molecule has 0 aliphatic carbocycles. The Morgan fingerprint density at radius 2 is 1.90 bits per heavy atom. The van der Waals surface area contributed by atoms with Crippen molar-refractivity contribution >= 4 is 22.5 Å². The molecule has 0 aliphatic heterocycles. The molecule has 1 heterocycles. The van der Waals surface area contributed by atoms with Crippen LogP contribution in [-0.4, -0.2) is 10.9 Å². The zero-order valence-electron chi connectivity index (χ0n) is 11.5. The van der Waals surface area contributed by atoms with E-state index in [1.807, 2.05) is 56.3 Å². The minimum Gasteiger partial charge on any atom is -0.360 e. The zero-order chi connectivity index (χ0) is 14.1. The van der Waals surface area contributed by atoms with Crippen LogP contribution in [0.4, 0.5) is 5.69 Å². The van der Waals surface area contributed by atoms with Gasteiger partial charge in [0.1, 0.15) is 0 Å². The highest BCUT2D eigenvalue weighted by Crippen LogP contribution is 2.23. The van der Waals surface area contributed by atoms with Crippen molar-refractivity contribution in [2.24, 2.45) is 0 Å². The minimum absolute atomic E-state index is 0.0869. The fourth-order valence-corrected chi connectivity index (χ4v) is 2.47. The second-order valence-electron chi connectivity index (χ2n) is 5.02. The summed E-state index contributed by atoms with van der Waals surface area (Å²) in [5, 5.41) is 3.93. The van der Waals surface area contributed by atoms with Crippen molar-refractivity contribution in [3.63, 3.8) is 0 Å². The fraction of sp³-hybridized carbons (Fsp3) is 0.118. The Kier molecular flexibility index (Phi) is 3.03. The fourth-order valence-electron chi connectivity index (χ4n) is 2.47. The Labute approximate surface area is 117 Å². The molecule has 3 nitrogen and oxygen atoms in total. The van der Waals surface area contributed by atoms with Crippen molar-refractivity contribution < 1.29 is 4.79 Å². The molecule has 0 saturated heterocycles. The molecule has 1 amide bonds. The highest BCUT2D eigenvalue weighted by molar-refractivity contribution is 6.13. The van der Waals surface area contributed by atoms with Crippen molar-refractivity contribution in [2.75, 3.05) is 5.32 Å². The van der Waals surface area contributed by atoms with E-state index in [4.69, 9.17) is 0 Å².